The van der Waals surface area contributed by atoms with Crippen molar-refractivity contribution in [1.29, 1.82) is 0 Å². The van der Waals surface area contributed by atoms with Crippen LogP contribution in [0.4, 0.5) is 0 Å². The molecule has 0 fully saturated rings. The average molecular weight is 341 g/mol. The standard InChI is InChI=1S/C16H36N.H2O4S/c1-5-6-7-8-9-10-11-12-13-14-15-16-17(2,3)4;1-5(2,3)4/h5-16H2,1-4H3;(H2,1,2,3,4)/q+1;. The lowest BCUT2D eigenvalue weighted by Crippen LogP contribution is -2.35. The van der Waals surface area contributed by atoms with Gasteiger partial charge in [0.1, 0.15) is 0 Å². The maximum absolute atomic E-state index is 8.74. The van der Waals surface area contributed by atoms with Gasteiger partial charge in [0.15, 0.2) is 0 Å². The first-order valence-corrected chi connectivity index (χ1v) is 9.96. The molecule has 0 atom stereocenters. The minimum atomic E-state index is -4.67. The summed E-state index contributed by atoms with van der Waals surface area (Å²) in [6, 6.07) is 0. The van der Waals surface area contributed by atoms with E-state index in [1.807, 2.05) is 0 Å². The second-order valence-electron chi connectivity index (χ2n) is 7.00. The summed E-state index contributed by atoms with van der Waals surface area (Å²) < 4.78 is 32.7. The second kappa shape index (κ2) is 14.4. The maximum atomic E-state index is 8.74. The molecule has 0 aromatic carbocycles. The van der Waals surface area contributed by atoms with Gasteiger partial charge in [-0.05, 0) is 12.8 Å². The van der Waals surface area contributed by atoms with E-state index >= 15 is 0 Å². The monoisotopic (exact) mass is 340 g/mol. The van der Waals surface area contributed by atoms with Crippen molar-refractivity contribution in [2.24, 2.45) is 0 Å². The van der Waals surface area contributed by atoms with Crippen LogP contribution in [-0.4, -0.2) is 49.7 Å². The summed E-state index contributed by atoms with van der Waals surface area (Å²) in [5.74, 6) is 0. The fourth-order valence-corrected chi connectivity index (χ4v) is 2.25. The number of nitrogens with zero attached hydrogens (tertiary/aromatic N) is 1. The molecule has 136 valence electrons. The Bertz CT molecular complexity index is 316. The summed E-state index contributed by atoms with van der Waals surface area (Å²) in [6.07, 6.45) is 15.9. The zero-order chi connectivity index (χ0) is 17.5. The highest BCUT2D eigenvalue weighted by atomic mass is 32.3. The van der Waals surface area contributed by atoms with Gasteiger partial charge < -0.3 is 4.48 Å². The first kappa shape index (κ1) is 24.1. The van der Waals surface area contributed by atoms with Crippen LogP contribution in [0.3, 0.4) is 0 Å². The van der Waals surface area contributed by atoms with Crippen LogP contribution in [0.1, 0.15) is 77.6 Å². The van der Waals surface area contributed by atoms with E-state index in [9.17, 15) is 0 Å². The predicted octanol–water partition coefficient (Wildman–Crippen LogP) is 4.35. The fraction of sp³-hybridized carbons (Fsp3) is 1.00. The molecule has 0 aliphatic rings. The zero-order valence-corrected chi connectivity index (χ0v) is 15.9. The topological polar surface area (TPSA) is 74.6 Å². The summed E-state index contributed by atoms with van der Waals surface area (Å²) in [5, 5.41) is 0. The lowest BCUT2D eigenvalue weighted by atomic mass is 10.1. The van der Waals surface area contributed by atoms with Crippen molar-refractivity contribution in [2.45, 2.75) is 77.6 Å². The third kappa shape index (κ3) is 36.8. The molecule has 0 aromatic rings. The van der Waals surface area contributed by atoms with Crippen LogP contribution in [0.5, 0.6) is 0 Å². The fourth-order valence-electron chi connectivity index (χ4n) is 2.25. The molecule has 0 bridgehead atoms. The quantitative estimate of drug-likeness (QED) is 0.315. The minimum Gasteiger partial charge on any atom is -0.331 e. The lowest BCUT2D eigenvalue weighted by molar-refractivity contribution is -0.870. The molecule has 0 saturated carbocycles. The Labute approximate surface area is 138 Å². The van der Waals surface area contributed by atoms with Gasteiger partial charge in [-0.2, -0.15) is 8.42 Å². The molecule has 0 spiro atoms. The van der Waals surface area contributed by atoms with Crippen LogP contribution in [0.15, 0.2) is 0 Å². The number of quaternary nitrogens is 1. The molecule has 6 heteroatoms. The molecule has 0 radical (unpaired) electrons. The molecule has 0 aliphatic carbocycles. The van der Waals surface area contributed by atoms with Gasteiger partial charge in [-0.25, -0.2) is 0 Å². The van der Waals surface area contributed by atoms with Crippen molar-refractivity contribution in [1.82, 2.24) is 0 Å². The van der Waals surface area contributed by atoms with Crippen molar-refractivity contribution < 1.29 is 22.0 Å². The molecule has 5 nitrogen and oxygen atoms in total. The van der Waals surface area contributed by atoms with E-state index in [4.69, 9.17) is 17.5 Å². The molecule has 22 heavy (non-hydrogen) atoms. The Morgan fingerprint density at radius 3 is 1.23 bits per heavy atom. The Balaban J connectivity index is 0. The van der Waals surface area contributed by atoms with E-state index in [0.717, 1.165) is 4.48 Å². The SMILES string of the molecule is CCCCCCCCCCCCC[N+](C)(C)C.O=S(=O)(O)O. The van der Waals surface area contributed by atoms with E-state index in [1.54, 1.807) is 0 Å². The highest BCUT2D eigenvalue weighted by Gasteiger charge is 2.04. The molecule has 0 rings (SSSR count). The van der Waals surface area contributed by atoms with Crippen molar-refractivity contribution in [3.05, 3.63) is 0 Å². The van der Waals surface area contributed by atoms with Crippen LogP contribution >= 0.6 is 0 Å². The summed E-state index contributed by atoms with van der Waals surface area (Å²) in [7, 11) is 2.20. The van der Waals surface area contributed by atoms with Gasteiger partial charge in [0.2, 0.25) is 0 Å². The van der Waals surface area contributed by atoms with E-state index in [-0.39, 0.29) is 0 Å². The van der Waals surface area contributed by atoms with Crippen LogP contribution in [0.2, 0.25) is 0 Å². The molecule has 0 saturated heterocycles. The van der Waals surface area contributed by atoms with E-state index in [0.29, 0.717) is 0 Å². The van der Waals surface area contributed by atoms with Crippen molar-refractivity contribution in [3.8, 4) is 0 Å². The van der Waals surface area contributed by atoms with Gasteiger partial charge in [-0.1, -0.05) is 64.7 Å². The van der Waals surface area contributed by atoms with Gasteiger partial charge in [0.05, 0.1) is 27.7 Å². The maximum Gasteiger partial charge on any atom is 0.394 e. The molecule has 0 aliphatic heterocycles. The number of hydrogen-bond donors (Lipinski definition) is 2. The van der Waals surface area contributed by atoms with Crippen molar-refractivity contribution in [3.63, 3.8) is 0 Å². The highest BCUT2D eigenvalue weighted by molar-refractivity contribution is 7.79. The van der Waals surface area contributed by atoms with Crippen LogP contribution in [0.25, 0.3) is 0 Å². The molecule has 0 aromatic heterocycles. The molecular formula is C16H38NO4S+. The van der Waals surface area contributed by atoms with E-state index < -0.39 is 10.4 Å². The molecular weight excluding hydrogens is 302 g/mol. The van der Waals surface area contributed by atoms with E-state index in [1.165, 1.54) is 77.2 Å². The third-order valence-corrected chi connectivity index (χ3v) is 3.43. The number of hydrogen-bond acceptors (Lipinski definition) is 2. The Kier molecular flexibility index (Phi) is 15.8. The van der Waals surface area contributed by atoms with Gasteiger partial charge in [0, 0.05) is 0 Å². The predicted molar refractivity (Wildman–Crippen MR) is 93.5 cm³/mol. The zero-order valence-electron chi connectivity index (χ0n) is 15.1. The Hall–Kier alpha value is -0.170. The van der Waals surface area contributed by atoms with Crippen molar-refractivity contribution in [2.75, 3.05) is 27.7 Å². The van der Waals surface area contributed by atoms with Gasteiger partial charge in [0.25, 0.3) is 0 Å². The summed E-state index contributed by atoms with van der Waals surface area (Å²) in [4.78, 5) is 0. The van der Waals surface area contributed by atoms with Crippen molar-refractivity contribution >= 4 is 10.4 Å². The first-order valence-electron chi connectivity index (χ1n) is 8.56. The van der Waals surface area contributed by atoms with Crippen LogP contribution in [0, 0.1) is 0 Å². The van der Waals surface area contributed by atoms with E-state index in [2.05, 4.69) is 28.1 Å². The summed E-state index contributed by atoms with van der Waals surface area (Å²) in [6.45, 7) is 3.62. The highest BCUT2D eigenvalue weighted by Crippen LogP contribution is 2.11. The smallest absolute Gasteiger partial charge is 0.331 e. The van der Waals surface area contributed by atoms with Gasteiger partial charge in [-0.15, -0.1) is 0 Å². The number of rotatable bonds is 12. The minimum absolute atomic E-state index is 1.12. The van der Waals surface area contributed by atoms with Crippen LogP contribution in [-0.2, 0) is 10.4 Å². The number of unbranched alkanes of at least 4 members (excludes halogenated alkanes) is 10. The Morgan fingerprint density at radius 1 is 0.682 bits per heavy atom. The average Bonchev–Trinajstić information content (AvgIpc) is 2.32. The normalized spacial score (nSPS) is 11.9. The van der Waals surface area contributed by atoms with Crippen LogP contribution < -0.4 is 0 Å². The summed E-state index contributed by atoms with van der Waals surface area (Å²) >= 11 is 0. The summed E-state index contributed by atoms with van der Waals surface area (Å²) in [5.41, 5.74) is 0. The third-order valence-electron chi connectivity index (χ3n) is 3.43. The largest absolute Gasteiger partial charge is 0.394 e. The molecule has 2 N–H and O–H groups in total. The van der Waals surface area contributed by atoms with Gasteiger partial charge in [-0.3, -0.25) is 9.11 Å². The molecule has 0 unspecified atom stereocenters. The lowest BCUT2D eigenvalue weighted by Gasteiger charge is -2.23. The Morgan fingerprint density at radius 2 is 0.955 bits per heavy atom. The first-order chi connectivity index (χ1) is 10.1. The van der Waals surface area contributed by atoms with Gasteiger partial charge >= 0.3 is 10.4 Å². The molecule has 0 amide bonds. The second-order valence-corrected chi connectivity index (χ2v) is 7.89. The molecule has 0 heterocycles.